The highest BCUT2D eigenvalue weighted by atomic mass is 32.2. The lowest BCUT2D eigenvalue weighted by Gasteiger charge is -2.21. The van der Waals surface area contributed by atoms with Crippen molar-refractivity contribution in [1.82, 2.24) is 19.6 Å². The Morgan fingerprint density at radius 2 is 2.00 bits per heavy atom. The van der Waals surface area contributed by atoms with Crippen LogP contribution in [0.25, 0.3) is 5.78 Å². The molecule has 1 aliphatic rings. The van der Waals surface area contributed by atoms with Crippen molar-refractivity contribution >= 4 is 34.7 Å². The number of thioether (sulfide) groups is 1. The SMILES string of the molecule is O=C1C[C@@H](c2cccs2)Cc2nc3nc(SCc4ccccc4)nn3cc21. The molecule has 1 aromatic carbocycles. The summed E-state index contributed by atoms with van der Waals surface area (Å²) in [5.74, 6) is 1.72. The smallest absolute Gasteiger partial charge is 0.253 e. The van der Waals surface area contributed by atoms with Gasteiger partial charge in [-0.2, -0.15) is 4.98 Å². The van der Waals surface area contributed by atoms with Crippen molar-refractivity contribution in [3.63, 3.8) is 0 Å². The summed E-state index contributed by atoms with van der Waals surface area (Å²) < 4.78 is 1.63. The first kappa shape index (κ1) is 16.6. The number of fused-ring (bicyclic) bond motifs is 2. The molecule has 0 N–H and O–H groups in total. The van der Waals surface area contributed by atoms with E-state index in [4.69, 9.17) is 0 Å². The lowest BCUT2D eigenvalue weighted by Crippen LogP contribution is -2.20. The zero-order valence-electron chi connectivity index (χ0n) is 14.4. The van der Waals surface area contributed by atoms with E-state index in [2.05, 4.69) is 38.6 Å². The van der Waals surface area contributed by atoms with Crippen LogP contribution >= 0.6 is 23.1 Å². The molecule has 0 amide bonds. The predicted molar refractivity (Wildman–Crippen MR) is 106 cm³/mol. The van der Waals surface area contributed by atoms with Gasteiger partial charge in [-0.1, -0.05) is 48.2 Å². The monoisotopic (exact) mass is 392 g/mol. The molecule has 1 atom stereocenters. The summed E-state index contributed by atoms with van der Waals surface area (Å²) in [6.45, 7) is 0. The lowest BCUT2D eigenvalue weighted by atomic mass is 9.86. The zero-order chi connectivity index (χ0) is 18.2. The molecule has 4 aromatic rings. The Morgan fingerprint density at radius 3 is 2.81 bits per heavy atom. The highest BCUT2D eigenvalue weighted by molar-refractivity contribution is 7.98. The van der Waals surface area contributed by atoms with Crippen molar-refractivity contribution in [3.05, 3.63) is 75.7 Å². The van der Waals surface area contributed by atoms with Crippen molar-refractivity contribution in [1.29, 1.82) is 0 Å². The fourth-order valence-electron chi connectivity index (χ4n) is 3.37. The maximum atomic E-state index is 12.7. The molecular weight excluding hydrogens is 376 g/mol. The van der Waals surface area contributed by atoms with E-state index < -0.39 is 0 Å². The maximum absolute atomic E-state index is 12.7. The molecule has 0 bridgehead atoms. The summed E-state index contributed by atoms with van der Waals surface area (Å²) in [5.41, 5.74) is 2.74. The summed E-state index contributed by atoms with van der Waals surface area (Å²) in [4.78, 5) is 23.1. The second-order valence-corrected chi connectivity index (χ2v) is 8.48. The van der Waals surface area contributed by atoms with Crippen LogP contribution in [0.4, 0.5) is 0 Å². The van der Waals surface area contributed by atoms with Crippen molar-refractivity contribution < 1.29 is 4.79 Å². The van der Waals surface area contributed by atoms with E-state index in [9.17, 15) is 4.79 Å². The van der Waals surface area contributed by atoms with Gasteiger partial charge in [0.2, 0.25) is 5.16 Å². The molecule has 27 heavy (non-hydrogen) atoms. The van der Waals surface area contributed by atoms with Gasteiger partial charge in [0, 0.05) is 29.2 Å². The number of thiophene rings is 1. The predicted octanol–water partition coefficient (Wildman–Crippen LogP) is 4.39. The number of hydrogen-bond donors (Lipinski definition) is 0. The van der Waals surface area contributed by atoms with Crippen molar-refractivity contribution in [2.45, 2.75) is 29.7 Å². The van der Waals surface area contributed by atoms with Crippen LogP contribution in [0.2, 0.25) is 0 Å². The maximum Gasteiger partial charge on any atom is 0.253 e. The Morgan fingerprint density at radius 1 is 1.11 bits per heavy atom. The van der Waals surface area contributed by atoms with Crippen LogP contribution in [-0.4, -0.2) is 25.4 Å². The Kier molecular flexibility index (Phi) is 4.26. The Bertz CT molecular complexity index is 1110. The molecule has 0 aliphatic heterocycles. The highest BCUT2D eigenvalue weighted by Crippen LogP contribution is 2.34. The quantitative estimate of drug-likeness (QED) is 0.482. The van der Waals surface area contributed by atoms with Gasteiger partial charge in [0.15, 0.2) is 5.78 Å². The number of carbonyl (C=O) groups is 1. The molecule has 0 spiro atoms. The zero-order valence-corrected chi connectivity index (χ0v) is 16.0. The fourth-order valence-corrected chi connectivity index (χ4v) is 4.98. The molecule has 0 unspecified atom stereocenters. The van der Waals surface area contributed by atoms with E-state index in [1.165, 1.54) is 10.4 Å². The van der Waals surface area contributed by atoms with Crippen LogP contribution < -0.4 is 0 Å². The Balaban J connectivity index is 1.42. The van der Waals surface area contributed by atoms with E-state index in [1.54, 1.807) is 33.8 Å². The largest absolute Gasteiger partial charge is 0.294 e. The minimum Gasteiger partial charge on any atom is -0.294 e. The number of ketones is 1. The molecule has 5 rings (SSSR count). The third-order valence-electron chi connectivity index (χ3n) is 4.72. The van der Waals surface area contributed by atoms with E-state index >= 15 is 0 Å². The van der Waals surface area contributed by atoms with Crippen molar-refractivity contribution in [2.24, 2.45) is 0 Å². The van der Waals surface area contributed by atoms with Gasteiger partial charge in [-0.05, 0) is 23.4 Å². The minimum atomic E-state index is 0.137. The molecule has 0 fully saturated rings. The van der Waals surface area contributed by atoms with E-state index in [0.717, 1.165) is 17.9 Å². The first-order valence-corrected chi connectivity index (χ1v) is 10.6. The summed E-state index contributed by atoms with van der Waals surface area (Å²) >= 11 is 3.28. The van der Waals surface area contributed by atoms with Crippen LogP contribution in [0.3, 0.4) is 0 Å². The van der Waals surface area contributed by atoms with Gasteiger partial charge < -0.3 is 0 Å². The average molecular weight is 393 g/mol. The third kappa shape index (κ3) is 3.28. The highest BCUT2D eigenvalue weighted by Gasteiger charge is 2.29. The summed E-state index contributed by atoms with van der Waals surface area (Å²) in [6, 6.07) is 14.4. The number of aromatic nitrogens is 4. The topological polar surface area (TPSA) is 60.2 Å². The molecule has 0 radical (unpaired) electrons. The van der Waals surface area contributed by atoms with Gasteiger partial charge in [0.05, 0.1) is 11.3 Å². The molecule has 134 valence electrons. The molecule has 1 aliphatic carbocycles. The van der Waals surface area contributed by atoms with E-state index in [-0.39, 0.29) is 11.7 Å². The van der Waals surface area contributed by atoms with E-state index in [0.29, 0.717) is 22.9 Å². The molecule has 7 heteroatoms. The van der Waals surface area contributed by atoms with Crippen molar-refractivity contribution in [3.8, 4) is 0 Å². The number of carbonyl (C=O) groups excluding carboxylic acids is 1. The van der Waals surface area contributed by atoms with E-state index in [1.807, 2.05) is 24.3 Å². The van der Waals surface area contributed by atoms with Crippen molar-refractivity contribution in [2.75, 3.05) is 0 Å². The van der Waals surface area contributed by atoms with Crippen LogP contribution in [0.15, 0.2) is 59.2 Å². The van der Waals surface area contributed by atoms with Gasteiger partial charge in [-0.3, -0.25) is 4.79 Å². The molecule has 5 nitrogen and oxygen atoms in total. The number of benzene rings is 1. The molecular formula is C20H16N4OS2. The van der Waals surface area contributed by atoms with Gasteiger partial charge in [-0.15, -0.1) is 16.4 Å². The Labute approximate surface area is 164 Å². The fraction of sp³-hybridized carbons (Fsp3) is 0.200. The Hall–Kier alpha value is -2.51. The minimum absolute atomic E-state index is 0.137. The number of Topliss-reactive ketones (excluding diaryl/α,β-unsaturated/α-hetero) is 1. The number of hydrogen-bond acceptors (Lipinski definition) is 6. The van der Waals surface area contributed by atoms with Gasteiger partial charge in [0.25, 0.3) is 5.78 Å². The first-order valence-electron chi connectivity index (χ1n) is 8.76. The number of rotatable bonds is 4. The molecule has 0 saturated heterocycles. The van der Waals surface area contributed by atoms with Gasteiger partial charge in [-0.25, -0.2) is 9.50 Å². The molecule has 3 aromatic heterocycles. The van der Waals surface area contributed by atoms with Crippen LogP contribution in [0.1, 0.15) is 38.8 Å². The first-order chi connectivity index (χ1) is 13.3. The normalized spacial score (nSPS) is 16.6. The molecule has 0 saturated carbocycles. The summed E-state index contributed by atoms with van der Waals surface area (Å²) in [6.07, 6.45) is 3.10. The van der Waals surface area contributed by atoms with Crippen LogP contribution in [0, 0.1) is 0 Å². The molecule has 3 heterocycles. The lowest BCUT2D eigenvalue weighted by molar-refractivity contribution is 0.0963. The van der Waals surface area contributed by atoms with Crippen LogP contribution in [0.5, 0.6) is 0 Å². The van der Waals surface area contributed by atoms with Gasteiger partial charge in [0.1, 0.15) is 0 Å². The van der Waals surface area contributed by atoms with Crippen LogP contribution in [-0.2, 0) is 12.2 Å². The summed E-state index contributed by atoms with van der Waals surface area (Å²) in [7, 11) is 0. The summed E-state index contributed by atoms with van der Waals surface area (Å²) in [5, 5.41) is 7.23. The standard InChI is InChI=1S/C20H16N4OS2/c25-17-10-14(18-7-4-8-26-18)9-16-15(17)11-24-19(21-16)22-20(23-24)27-12-13-5-2-1-3-6-13/h1-8,11,14H,9-10,12H2/t14-/m0/s1. The number of nitrogens with zero attached hydrogens (tertiary/aromatic N) is 4. The van der Waals surface area contributed by atoms with Gasteiger partial charge >= 0.3 is 0 Å². The average Bonchev–Trinajstić information content (AvgIpc) is 3.35. The third-order valence-corrected chi connectivity index (χ3v) is 6.66. The second-order valence-electron chi connectivity index (χ2n) is 6.56. The second kappa shape index (κ2) is 6.90.